The van der Waals surface area contributed by atoms with Crippen LogP contribution in [0.25, 0.3) is 0 Å². The molecular formula is C13H18F2N2. The normalized spacial score (nSPS) is 25.8. The summed E-state index contributed by atoms with van der Waals surface area (Å²) >= 11 is 0. The van der Waals surface area contributed by atoms with E-state index >= 15 is 0 Å². The van der Waals surface area contributed by atoms with Gasteiger partial charge in [0.2, 0.25) is 0 Å². The summed E-state index contributed by atoms with van der Waals surface area (Å²) in [5.41, 5.74) is 7.07. The number of nitrogens with zero attached hydrogens (tertiary/aromatic N) is 1. The summed E-state index contributed by atoms with van der Waals surface area (Å²) in [6, 6.07) is 2.83. The molecule has 0 aliphatic heterocycles. The number of anilines is 1. The van der Waals surface area contributed by atoms with E-state index in [1.165, 1.54) is 6.07 Å². The van der Waals surface area contributed by atoms with Gasteiger partial charge in [0.25, 0.3) is 0 Å². The molecule has 2 rings (SSSR count). The van der Waals surface area contributed by atoms with Crippen LogP contribution in [0.3, 0.4) is 0 Å². The monoisotopic (exact) mass is 240 g/mol. The highest BCUT2D eigenvalue weighted by atomic mass is 19.2. The van der Waals surface area contributed by atoms with Crippen molar-refractivity contribution in [2.45, 2.75) is 25.8 Å². The Kier molecular flexibility index (Phi) is 2.65. The molecule has 2 nitrogen and oxygen atoms in total. The number of benzene rings is 1. The van der Waals surface area contributed by atoms with Crippen LogP contribution in [0.4, 0.5) is 14.5 Å². The van der Waals surface area contributed by atoms with E-state index in [-0.39, 0.29) is 17.4 Å². The number of halogens is 2. The summed E-state index contributed by atoms with van der Waals surface area (Å²) in [6.07, 6.45) is 0. The predicted molar refractivity (Wildman–Crippen MR) is 65.2 cm³/mol. The van der Waals surface area contributed by atoms with Crippen LogP contribution >= 0.6 is 0 Å². The molecule has 0 bridgehead atoms. The second-order valence-corrected chi connectivity index (χ2v) is 5.52. The molecule has 1 fully saturated rings. The van der Waals surface area contributed by atoms with Gasteiger partial charge in [0, 0.05) is 26.1 Å². The molecule has 4 heteroatoms. The Morgan fingerprint density at radius 1 is 1.24 bits per heavy atom. The molecule has 1 aromatic rings. The summed E-state index contributed by atoms with van der Waals surface area (Å²) in [5, 5.41) is 0. The van der Waals surface area contributed by atoms with Crippen LogP contribution in [0.15, 0.2) is 12.1 Å². The van der Waals surface area contributed by atoms with Crippen LogP contribution in [0, 0.1) is 17.0 Å². The second-order valence-electron chi connectivity index (χ2n) is 5.52. The Bertz CT molecular complexity index is 455. The SMILES string of the molecule is CN(C)c1c([C@H]2[C@H](N)C2(C)C)ccc(F)c1F. The van der Waals surface area contributed by atoms with E-state index in [2.05, 4.69) is 0 Å². The summed E-state index contributed by atoms with van der Waals surface area (Å²) < 4.78 is 27.1. The maximum absolute atomic E-state index is 13.8. The Hall–Kier alpha value is -1.16. The predicted octanol–water partition coefficient (Wildman–Crippen LogP) is 2.48. The Morgan fingerprint density at radius 3 is 2.18 bits per heavy atom. The molecule has 0 spiro atoms. The van der Waals surface area contributed by atoms with Gasteiger partial charge in [-0.15, -0.1) is 0 Å². The third-order valence-corrected chi connectivity index (χ3v) is 3.79. The van der Waals surface area contributed by atoms with Gasteiger partial charge in [0.1, 0.15) is 0 Å². The Labute approximate surface area is 100 Å². The Morgan fingerprint density at radius 2 is 1.76 bits per heavy atom. The van der Waals surface area contributed by atoms with Crippen LogP contribution in [-0.4, -0.2) is 20.1 Å². The van der Waals surface area contributed by atoms with Gasteiger partial charge in [-0.1, -0.05) is 19.9 Å². The van der Waals surface area contributed by atoms with Gasteiger partial charge in [0.15, 0.2) is 11.6 Å². The van der Waals surface area contributed by atoms with E-state index in [1.807, 2.05) is 13.8 Å². The molecule has 1 saturated carbocycles. The highest BCUT2D eigenvalue weighted by molar-refractivity contribution is 5.59. The third kappa shape index (κ3) is 1.71. The molecule has 0 saturated heterocycles. The fourth-order valence-electron chi connectivity index (χ4n) is 2.53. The van der Waals surface area contributed by atoms with Crippen molar-refractivity contribution in [1.82, 2.24) is 0 Å². The summed E-state index contributed by atoms with van der Waals surface area (Å²) in [4.78, 5) is 1.61. The van der Waals surface area contributed by atoms with Crippen molar-refractivity contribution in [3.8, 4) is 0 Å². The summed E-state index contributed by atoms with van der Waals surface area (Å²) in [5.74, 6) is -1.51. The first-order valence-electron chi connectivity index (χ1n) is 5.69. The second kappa shape index (κ2) is 3.67. The topological polar surface area (TPSA) is 29.3 Å². The number of rotatable bonds is 2. The molecule has 2 atom stereocenters. The van der Waals surface area contributed by atoms with Gasteiger partial charge in [-0.05, 0) is 17.0 Å². The summed E-state index contributed by atoms with van der Waals surface area (Å²) in [7, 11) is 3.42. The lowest BCUT2D eigenvalue weighted by atomic mass is 10.0. The molecule has 1 aliphatic rings. The first-order chi connectivity index (χ1) is 7.78. The lowest BCUT2D eigenvalue weighted by molar-refractivity contribution is 0.506. The molecule has 0 heterocycles. The number of hydrogen-bond donors (Lipinski definition) is 1. The minimum Gasteiger partial charge on any atom is -0.375 e. The molecule has 0 radical (unpaired) electrons. The van der Waals surface area contributed by atoms with E-state index in [0.717, 1.165) is 5.56 Å². The van der Waals surface area contributed by atoms with Crippen molar-refractivity contribution in [3.63, 3.8) is 0 Å². The molecular weight excluding hydrogens is 222 g/mol. The molecule has 1 aromatic carbocycles. The van der Waals surface area contributed by atoms with Gasteiger partial charge < -0.3 is 10.6 Å². The minimum absolute atomic E-state index is 0.00561. The zero-order valence-electron chi connectivity index (χ0n) is 10.6. The average molecular weight is 240 g/mol. The van der Waals surface area contributed by atoms with Gasteiger partial charge in [0.05, 0.1) is 5.69 Å². The van der Waals surface area contributed by atoms with Gasteiger partial charge in [-0.25, -0.2) is 8.78 Å². The molecule has 1 aliphatic carbocycles. The highest BCUT2D eigenvalue weighted by Crippen LogP contribution is 2.59. The minimum atomic E-state index is -0.815. The molecule has 0 unspecified atom stereocenters. The third-order valence-electron chi connectivity index (χ3n) is 3.79. The van der Waals surface area contributed by atoms with Crippen molar-refractivity contribution in [1.29, 1.82) is 0 Å². The summed E-state index contributed by atoms with van der Waals surface area (Å²) in [6.45, 7) is 4.09. The lowest BCUT2D eigenvalue weighted by Gasteiger charge is -2.19. The zero-order chi connectivity index (χ0) is 13.0. The van der Waals surface area contributed by atoms with Crippen molar-refractivity contribution < 1.29 is 8.78 Å². The average Bonchev–Trinajstić information content (AvgIpc) is 2.70. The van der Waals surface area contributed by atoms with Gasteiger partial charge in [-0.3, -0.25) is 0 Å². The smallest absolute Gasteiger partial charge is 0.182 e. The van der Waals surface area contributed by atoms with Gasteiger partial charge >= 0.3 is 0 Å². The largest absolute Gasteiger partial charge is 0.375 e. The van der Waals surface area contributed by atoms with Crippen LogP contribution in [0.5, 0.6) is 0 Å². The molecule has 94 valence electrons. The van der Waals surface area contributed by atoms with Crippen molar-refractivity contribution in [2.75, 3.05) is 19.0 Å². The number of hydrogen-bond acceptors (Lipinski definition) is 2. The lowest BCUT2D eigenvalue weighted by Crippen LogP contribution is -2.15. The van der Waals surface area contributed by atoms with E-state index in [4.69, 9.17) is 5.73 Å². The zero-order valence-corrected chi connectivity index (χ0v) is 10.6. The van der Waals surface area contributed by atoms with E-state index in [9.17, 15) is 8.78 Å². The van der Waals surface area contributed by atoms with Crippen molar-refractivity contribution in [2.24, 2.45) is 11.1 Å². The first-order valence-corrected chi connectivity index (χ1v) is 5.69. The highest BCUT2D eigenvalue weighted by Gasteiger charge is 2.57. The van der Waals surface area contributed by atoms with E-state index in [0.29, 0.717) is 5.69 Å². The molecule has 0 aromatic heterocycles. The molecule has 0 amide bonds. The van der Waals surface area contributed by atoms with Crippen molar-refractivity contribution >= 4 is 5.69 Å². The van der Waals surface area contributed by atoms with Crippen LogP contribution < -0.4 is 10.6 Å². The van der Waals surface area contributed by atoms with E-state index in [1.54, 1.807) is 25.1 Å². The number of nitrogens with two attached hydrogens (primary N) is 1. The standard InChI is InChI=1S/C13H18F2N2/c1-13(2)9(12(13)16)7-5-6-8(14)10(15)11(7)17(3)4/h5-6,9,12H,16H2,1-4H3/t9-,12-/m0/s1. The Balaban J connectivity index is 2.53. The fourth-order valence-corrected chi connectivity index (χ4v) is 2.53. The fraction of sp³-hybridized carbons (Fsp3) is 0.538. The van der Waals surface area contributed by atoms with Crippen molar-refractivity contribution in [3.05, 3.63) is 29.3 Å². The van der Waals surface area contributed by atoms with Crippen LogP contribution in [-0.2, 0) is 0 Å². The quantitative estimate of drug-likeness (QED) is 0.860. The molecule has 2 N–H and O–H groups in total. The van der Waals surface area contributed by atoms with Crippen LogP contribution in [0.1, 0.15) is 25.3 Å². The first kappa shape index (κ1) is 12.3. The maximum Gasteiger partial charge on any atom is 0.182 e. The van der Waals surface area contributed by atoms with Gasteiger partial charge in [-0.2, -0.15) is 0 Å². The molecule has 17 heavy (non-hydrogen) atoms. The van der Waals surface area contributed by atoms with Crippen LogP contribution in [0.2, 0.25) is 0 Å². The maximum atomic E-state index is 13.8. The van der Waals surface area contributed by atoms with E-state index < -0.39 is 11.6 Å².